The van der Waals surface area contributed by atoms with Gasteiger partial charge in [-0.2, -0.15) is 0 Å². The molecule has 1 aromatic carbocycles. The number of rotatable bonds is 4. The molecule has 1 aliphatic heterocycles. The number of aromatic nitrogens is 2. The van der Waals surface area contributed by atoms with Crippen LogP contribution < -0.4 is 0 Å². The number of hydrogen-bond acceptors (Lipinski definition) is 6. The van der Waals surface area contributed by atoms with Crippen molar-refractivity contribution in [3.63, 3.8) is 0 Å². The minimum absolute atomic E-state index is 0.131. The van der Waals surface area contributed by atoms with Crippen molar-refractivity contribution in [2.75, 3.05) is 39.9 Å². The molecule has 0 radical (unpaired) electrons. The lowest BCUT2D eigenvalue weighted by molar-refractivity contribution is -0.136. The molecule has 0 saturated carbocycles. The van der Waals surface area contributed by atoms with Crippen molar-refractivity contribution in [1.82, 2.24) is 20.1 Å². The summed E-state index contributed by atoms with van der Waals surface area (Å²) in [5.41, 5.74) is 2.50. The van der Waals surface area contributed by atoms with Gasteiger partial charge in [0, 0.05) is 19.6 Å². The van der Waals surface area contributed by atoms with Gasteiger partial charge >= 0.3 is 0 Å². The largest absolute Gasteiger partial charge is 0.378 e. The Morgan fingerprint density at radius 3 is 2.95 bits per heavy atom. The van der Waals surface area contributed by atoms with E-state index in [0.29, 0.717) is 39.4 Å². The lowest BCUT2D eigenvalue weighted by atomic mass is 10.1. The molecule has 1 aromatic heterocycles. The van der Waals surface area contributed by atoms with Crippen molar-refractivity contribution in [3.8, 4) is 0 Å². The van der Waals surface area contributed by atoms with Gasteiger partial charge in [0.2, 0.25) is 5.91 Å². The molecule has 0 bridgehead atoms. The number of hydrogen-bond donors (Lipinski definition) is 0. The van der Waals surface area contributed by atoms with E-state index in [9.17, 15) is 4.79 Å². The van der Waals surface area contributed by atoms with Crippen molar-refractivity contribution >= 4 is 16.9 Å². The summed E-state index contributed by atoms with van der Waals surface area (Å²) < 4.78 is 10.0. The average Bonchev–Trinajstić information content (AvgIpc) is 2.97. The fourth-order valence-corrected chi connectivity index (χ4v) is 2.48. The maximum Gasteiger partial charge on any atom is 0.236 e. The number of ether oxygens (including phenoxy) is 1. The summed E-state index contributed by atoms with van der Waals surface area (Å²) in [5.74, 6) is 0.131. The van der Waals surface area contributed by atoms with E-state index in [1.807, 2.05) is 35.0 Å². The Balaban J connectivity index is 1.62. The first kappa shape index (κ1) is 14.0. The number of carbonyl (C=O) groups is 1. The maximum atomic E-state index is 12.2. The SMILES string of the molecule is CN(CC(=O)N1CCOCC1)Cc1cccc2nonc12. The second-order valence-corrected chi connectivity index (χ2v) is 5.21. The Hall–Kier alpha value is -1.99. The molecule has 112 valence electrons. The van der Waals surface area contributed by atoms with Crippen molar-refractivity contribution in [3.05, 3.63) is 23.8 Å². The fourth-order valence-electron chi connectivity index (χ4n) is 2.48. The van der Waals surface area contributed by atoms with Crippen LogP contribution in [0.4, 0.5) is 0 Å². The van der Waals surface area contributed by atoms with Gasteiger partial charge in [-0.25, -0.2) is 4.63 Å². The van der Waals surface area contributed by atoms with Crippen LogP contribution in [0, 0.1) is 0 Å². The van der Waals surface area contributed by atoms with Crippen molar-refractivity contribution in [2.24, 2.45) is 0 Å². The zero-order valence-electron chi connectivity index (χ0n) is 12.0. The lowest BCUT2D eigenvalue weighted by Gasteiger charge is -2.28. The van der Waals surface area contributed by atoms with E-state index in [2.05, 4.69) is 10.3 Å². The third-order valence-corrected chi connectivity index (χ3v) is 3.58. The molecule has 0 aliphatic carbocycles. The molecule has 2 heterocycles. The smallest absolute Gasteiger partial charge is 0.236 e. The zero-order valence-corrected chi connectivity index (χ0v) is 12.0. The van der Waals surface area contributed by atoms with Crippen molar-refractivity contribution in [1.29, 1.82) is 0 Å². The Morgan fingerprint density at radius 1 is 1.33 bits per heavy atom. The van der Waals surface area contributed by atoms with Crippen LogP contribution in [0.15, 0.2) is 22.8 Å². The summed E-state index contributed by atoms with van der Waals surface area (Å²) >= 11 is 0. The molecular weight excluding hydrogens is 272 g/mol. The number of benzene rings is 1. The number of morpholine rings is 1. The molecule has 1 aliphatic rings. The first-order valence-corrected chi connectivity index (χ1v) is 6.98. The predicted octanol–water partition coefficient (Wildman–Crippen LogP) is 0.513. The summed E-state index contributed by atoms with van der Waals surface area (Å²) in [4.78, 5) is 16.0. The van der Waals surface area contributed by atoms with Gasteiger partial charge < -0.3 is 9.64 Å². The Labute approximate surface area is 122 Å². The summed E-state index contributed by atoms with van der Waals surface area (Å²) in [6.45, 7) is 3.60. The van der Waals surface area contributed by atoms with Crippen LogP contribution in [-0.4, -0.2) is 65.9 Å². The van der Waals surface area contributed by atoms with Gasteiger partial charge in [0.05, 0.1) is 19.8 Å². The predicted molar refractivity (Wildman–Crippen MR) is 75.5 cm³/mol. The van der Waals surface area contributed by atoms with E-state index >= 15 is 0 Å². The number of likely N-dealkylation sites (N-methyl/N-ethyl adjacent to an activating group) is 1. The molecule has 2 aromatic rings. The minimum atomic E-state index is 0.131. The minimum Gasteiger partial charge on any atom is -0.378 e. The first-order chi connectivity index (χ1) is 10.2. The van der Waals surface area contributed by atoms with Gasteiger partial charge in [0.15, 0.2) is 0 Å². The first-order valence-electron chi connectivity index (χ1n) is 6.98. The highest BCUT2D eigenvalue weighted by Gasteiger charge is 2.18. The summed E-state index contributed by atoms with van der Waals surface area (Å²) in [6, 6.07) is 5.75. The van der Waals surface area contributed by atoms with E-state index in [4.69, 9.17) is 9.37 Å². The number of fused-ring (bicyclic) bond motifs is 1. The van der Waals surface area contributed by atoms with E-state index in [1.165, 1.54) is 0 Å². The standard InChI is InChI=1S/C14H18N4O3/c1-17(10-13(19)18-5-7-20-8-6-18)9-11-3-2-4-12-14(11)16-21-15-12/h2-4H,5-10H2,1H3. The van der Waals surface area contributed by atoms with E-state index in [0.717, 1.165) is 16.6 Å². The Kier molecular flexibility index (Phi) is 4.12. The molecule has 1 amide bonds. The highest BCUT2D eigenvalue weighted by Crippen LogP contribution is 2.16. The van der Waals surface area contributed by atoms with E-state index < -0.39 is 0 Å². The molecule has 21 heavy (non-hydrogen) atoms. The van der Waals surface area contributed by atoms with E-state index in [-0.39, 0.29) is 5.91 Å². The molecule has 7 heteroatoms. The molecule has 7 nitrogen and oxygen atoms in total. The molecule has 0 spiro atoms. The van der Waals surface area contributed by atoms with Gasteiger partial charge in [0.1, 0.15) is 11.0 Å². The van der Waals surface area contributed by atoms with Crippen LogP contribution in [0.5, 0.6) is 0 Å². The summed E-state index contributed by atoms with van der Waals surface area (Å²) in [7, 11) is 1.92. The molecule has 1 saturated heterocycles. The summed E-state index contributed by atoms with van der Waals surface area (Å²) in [6.07, 6.45) is 0. The second kappa shape index (κ2) is 6.19. The molecular formula is C14H18N4O3. The highest BCUT2D eigenvalue weighted by molar-refractivity contribution is 5.79. The number of nitrogens with zero attached hydrogens (tertiary/aromatic N) is 4. The van der Waals surface area contributed by atoms with Crippen LogP contribution in [-0.2, 0) is 16.1 Å². The van der Waals surface area contributed by atoms with Crippen molar-refractivity contribution in [2.45, 2.75) is 6.54 Å². The third kappa shape index (κ3) is 3.20. The monoisotopic (exact) mass is 290 g/mol. The van der Waals surface area contributed by atoms with Gasteiger partial charge in [-0.05, 0) is 29.0 Å². The van der Waals surface area contributed by atoms with Crippen LogP contribution in [0.2, 0.25) is 0 Å². The molecule has 3 rings (SSSR count). The van der Waals surface area contributed by atoms with Gasteiger partial charge in [-0.15, -0.1) is 0 Å². The van der Waals surface area contributed by atoms with Gasteiger partial charge in [-0.3, -0.25) is 9.69 Å². The highest BCUT2D eigenvalue weighted by atomic mass is 16.6. The fraction of sp³-hybridized carbons (Fsp3) is 0.500. The normalized spacial score (nSPS) is 15.8. The topological polar surface area (TPSA) is 71.7 Å². The average molecular weight is 290 g/mol. The molecule has 1 fully saturated rings. The molecule has 0 N–H and O–H groups in total. The van der Waals surface area contributed by atoms with Crippen LogP contribution in [0.25, 0.3) is 11.0 Å². The van der Waals surface area contributed by atoms with Crippen LogP contribution in [0.3, 0.4) is 0 Å². The van der Waals surface area contributed by atoms with Gasteiger partial charge in [-0.1, -0.05) is 12.1 Å². The number of carbonyl (C=O) groups excluding carboxylic acids is 1. The van der Waals surface area contributed by atoms with Crippen LogP contribution >= 0.6 is 0 Å². The van der Waals surface area contributed by atoms with Crippen molar-refractivity contribution < 1.29 is 14.2 Å². The van der Waals surface area contributed by atoms with E-state index in [1.54, 1.807) is 0 Å². The second-order valence-electron chi connectivity index (χ2n) is 5.21. The Bertz CT molecular complexity index is 621. The summed E-state index contributed by atoms with van der Waals surface area (Å²) in [5, 5.41) is 7.74. The molecule has 0 atom stereocenters. The quantitative estimate of drug-likeness (QED) is 0.817. The molecule has 0 unspecified atom stereocenters. The third-order valence-electron chi connectivity index (χ3n) is 3.58. The Morgan fingerprint density at radius 2 is 2.14 bits per heavy atom. The number of amides is 1. The zero-order chi connectivity index (χ0) is 14.7. The maximum absolute atomic E-state index is 12.2. The van der Waals surface area contributed by atoms with Gasteiger partial charge in [0.25, 0.3) is 0 Å². The van der Waals surface area contributed by atoms with Crippen LogP contribution in [0.1, 0.15) is 5.56 Å². The lowest BCUT2D eigenvalue weighted by Crippen LogP contribution is -2.44.